The molecule has 0 aliphatic heterocycles. The zero-order valence-electron chi connectivity index (χ0n) is 21.3. The minimum absolute atomic E-state index is 0.178. The quantitative estimate of drug-likeness (QED) is 0.427. The normalized spacial score (nSPS) is 12.3. The average Bonchev–Trinajstić information content (AvgIpc) is 2.76. The molecular formula is C27H37BrN2O4. The number of carbonyl (C=O) groups excluding carboxylic acids is 2. The molecule has 1 N–H and O–H groups in total. The molecule has 0 radical (unpaired) electrons. The summed E-state index contributed by atoms with van der Waals surface area (Å²) < 4.78 is 12.0. The Balaban J connectivity index is 2.27. The highest BCUT2D eigenvalue weighted by Gasteiger charge is 2.31. The van der Waals surface area contributed by atoms with Gasteiger partial charge in [0.15, 0.2) is 6.61 Å². The van der Waals surface area contributed by atoms with Gasteiger partial charge in [-0.1, -0.05) is 39.0 Å². The average molecular weight is 534 g/mol. The minimum atomic E-state index is -0.631. The van der Waals surface area contributed by atoms with E-state index in [0.717, 1.165) is 10.0 Å². The molecule has 0 spiro atoms. The second-order valence-corrected chi connectivity index (χ2v) is 10.5. The van der Waals surface area contributed by atoms with Crippen molar-refractivity contribution in [3.8, 4) is 11.5 Å². The second kappa shape index (κ2) is 12.2. The Hall–Kier alpha value is -2.54. The summed E-state index contributed by atoms with van der Waals surface area (Å²) in [4.78, 5) is 28.1. The van der Waals surface area contributed by atoms with Crippen LogP contribution < -0.4 is 14.8 Å². The Morgan fingerprint density at radius 2 is 1.82 bits per heavy atom. The van der Waals surface area contributed by atoms with Crippen molar-refractivity contribution in [2.24, 2.45) is 0 Å². The molecule has 0 aromatic heterocycles. The highest BCUT2D eigenvalue weighted by atomic mass is 79.9. The summed E-state index contributed by atoms with van der Waals surface area (Å²) in [6, 6.07) is 12.7. The molecule has 1 atom stereocenters. The van der Waals surface area contributed by atoms with Crippen LogP contribution in [-0.2, 0) is 16.1 Å². The lowest BCUT2D eigenvalue weighted by atomic mass is 10.0. The van der Waals surface area contributed by atoms with E-state index in [-0.39, 0.29) is 25.0 Å². The Morgan fingerprint density at radius 3 is 2.38 bits per heavy atom. The van der Waals surface area contributed by atoms with E-state index in [1.807, 2.05) is 70.2 Å². The van der Waals surface area contributed by atoms with E-state index in [9.17, 15) is 9.59 Å². The van der Waals surface area contributed by atoms with E-state index in [2.05, 4.69) is 35.1 Å². The topological polar surface area (TPSA) is 67.9 Å². The summed E-state index contributed by atoms with van der Waals surface area (Å²) in [5.41, 5.74) is 1.64. The summed E-state index contributed by atoms with van der Waals surface area (Å²) in [5, 5.41) is 3.01. The van der Waals surface area contributed by atoms with Gasteiger partial charge in [-0.25, -0.2) is 0 Å². The van der Waals surface area contributed by atoms with Crippen LogP contribution in [0.25, 0.3) is 0 Å². The Labute approximate surface area is 212 Å². The number of hydrogen-bond acceptors (Lipinski definition) is 4. The number of ether oxygens (including phenoxy) is 2. The second-order valence-electron chi connectivity index (χ2n) is 9.67. The van der Waals surface area contributed by atoms with E-state index in [1.54, 1.807) is 12.0 Å². The van der Waals surface area contributed by atoms with Crippen molar-refractivity contribution in [1.29, 1.82) is 0 Å². The van der Waals surface area contributed by atoms with Gasteiger partial charge in [-0.2, -0.15) is 0 Å². The van der Waals surface area contributed by atoms with Gasteiger partial charge in [-0.05, 0) is 84.4 Å². The third-order valence-electron chi connectivity index (χ3n) is 5.34. The number of halogens is 1. The third kappa shape index (κ3) is 8.05. The SMILES string of the molecule is CC[C@H](C(=O)NC(C)(C)C)N(Cc1cccc(OC)c1)C(=O)COc1ccc(C(C)C)cc1Br. The van der Waals surface area contributed by atoms with Crippen LogP contribution >= 0.6 is 15.9 Å². The van der Waals surface area contributed by atoms with Gasteiger partial charge < -0.3 is 19.7 Å². The standard InChI is InChI=1S/C27H37BrN2O4/c1-8-23(26(32)29-27(4,5)6)30(16-19-10-9-11-21(14-19)33-7)25(31)17-34-24-13-12-20(18(2)3)15-22(24)28/h9-15,18,23H,8,16-17H2,1-7H3,(H,29,32)/t23-/m1/s1. The molecule has 2 aromatic rings. The Morgan fingerprint density at radius 1 is 1.12 bits per heavy atom. The van der Waals surface area contributed by atoms with E-state index in [0.29, 0.717) is 23.8 Å². The van der Waals surface area contributed by atoms with Crippen LogP contribution in [0.2, 0.25) is 0 Å². The van der Waals surface area contributed by atoms with Crippen molar-refractivity contribution in [1.82, 2.24) is 10.2 Å². The summed E-state index contributed by atoms with van der Waals surface area (Å²) in [6.07, 6.45) is 0.477. The lowest BCUT2D eigenvalue weighted by Gasteiger charge is -2.33. The number of nitrogens with zero attached hydrogens (tertiary/aromatic N) is 1. The maximum Gasteiger partial charge on any atom is 0.261 e. The monoisotopic (exact) mass is 532 g/mol. The van der Waals surface area contributed by atoms with Crippen molar-refractivity contribution in [2.45, 2.75) is 72.0 Å². The number of nitrogens with one attached hydrogen (secondary N) is 1. The van der Waals surface area contributed by atoms with Crippen molar-refractivity contribution in [3.05, 3.63) is 58.1 Å². The minimum Gasteiger partial charge on any atom is -0.497 e. The number of carbonyl (C=O) groups is 2. The van der Waals surface area contributed by atoms with Gasteiger partial charge in [-0.3, -0.25) is 9.59 Å². The largest absolute Gasteiger partial charge is 0.497 e. The highest BCUT2D eigenvalue weighted by Crippen LogP contribution is 2.29. The molecule has 7 heteroatoms. The fourth-order valence-electron chi connectivity index (χ4n) is 3.56. The summed E-state index contributed by atoms with van der Waals surface area (Å²) in [7, 11) is 1.60. The van der Waals surface area contributed by atoms with Gasteiger partial charge in [-0.15, -0.1) is 0 Å². The molecule has 34 heavy (non-hydrogen) atoms. The van der Waals surface area contributed by atoms with E-state index < -0.39 is 11.6 Å². The van der Waals surface area contributed by atoms with Crippen LogP contribution in [0.3, 0.4) is 0 Å². The predicted molar refractivity (Wildman–Crippen MR) is 139 cm³/mol. The zero-order valence-corrected chi connectivity index (χ0v) is 22.9. The molecular weight excluding hydrogens is 496 g/mol. The molecule has 0 bridgehead atoms. The number of benzene rings is 2. The smallest absolute Gasteiger partial charge is 0.261 e. The summed E-state index contributed by atoms with van der Waals surface area (Å²) in [6.45, 7) is 12.0. The van der Waals surface area contributed by atoms with Crippen LogP contribution in [0.4, 0.5) is 0 Å². The molecule has 0 aliphatic rings. The van der Waals surface area contributed by atoms with Gasteiger partial charge in [0.1, 0.15) is 17.5 Å². The lowest BCUT2D eigenvalue weighted by molar-refractivity contribution is -0.143. The molecule has 2 rings (SSSR count). The highest BCUT2D eigenvalue weighted by molar-refractivity contribution is 9.10. The molecule has 0 aliphatic carbocycles. The number of methoxy groups -OCH3 is 1. The van der Waals surface area contributed by atoms with Crippen molar-refractivity contribution >= 4 is 27.7 Å². The first kappa shape index (κ1) is 27.7. The van der Waals surface area contributed by atoms with Crippen molar-refractivity contribution < 1.29 is 19.1 Å². The van der Waals surface area contributed by atoms with E-state index in [1.165, 1.54) is 5.56 Å². The Kier molecular flexibility index (Phi) is 9.98. The maximum absolute atomic E-state index is 13.4. The number of hydrogen-bond donors (Lipinski definition) is 1. The molecule has 6 nitrogen and oxygen atoms in total. The summed E-state index contributed by atoms with van der Waals surface area (Å²) >= 11 is 3.54. The van der Waals surface area contributed by atoms with Crippen LogP contribution in [0.1, 0.15) is 65.0 Å². The van der Waals surface area contributed by atoms with Gasteiger partial charge in [0.05, 0.1) is 11.6 Å². The molecule has 0 fully saturated rings. The number of amides is 2. The molecule has 2 amide bonds. The first-order chi connectivity index (χ1) is 15.9. The number of rotatable bonds is 10. The molecule has 2 aromatic carbocycles. The molecule has 0 unspecified atom stereocenters. The van der Waals surface area contributed by atoms with Crippen LogP contribution in [0.15, 0.2) is 46.9 Å². The fraction of sp³-hybridized carbons (Fsp3) is 0.481. The Bertz CT molecular complexity index is 985. The first-order valence-corrected chi connectivity index (χ1v) is 12.4. The van der Waals surface area contributed by atoms with E-state index >= 15 is 0 Å². The van der Waals surface area contributed by atoms with Crippen molar-refractivity contribution in [2.75, 3.05) is 13.7 Å². The van der Waals surface area contributed by atoms with Gasteiger partial charge >= 0.3 is 0 Å². The fourth-order valence-corrected chi connectivity index (χ4v) is 4.07. The van der Waals surface area contributed by atoms with Gasteiger partial charge in [0, 0.05) is 12.1 Å². The molecule has 0 saturated carbocycles. The maximum atomic E-state index is 13.4. The van der Waals surface area contributed by atoms with Crippen LogP contribution in [-0.4, -0.2) is 42.0 Å². The zero-order chi connectivity index (χ0) is 25.5. The van der Waals surface area contributed by atoms with Crippen molar-refractivity contribution in [3.63, 3.8) is 0 Å². The van der Waals surface area contributed by atoms with Gasteiger partial charge in [0.2, 0.25) is 5.91 Å². The lowest BCUT2D eigenvalue weighted by Crippen LogP contribution is -2.54. The van der Waals surface area contributed by atoms with Crippen LogP contribution in [0, 0.1) is 0 Å². The third-order valence-corrected chi connectivity index (χ3v) is 5.96. The molecule has 186 valence electrons. The summed E-state index contributed by atoms with van der Waals surface area (Å²) in [5.74, 6) is 1.22. The molecule has 0 heterocycles. The molecule has 0 saturated heterocycles. The van der Waals surface area contributed by atoms with Gasteiger partial charge in [0.25, 0.3) is 5.91 Å². The predicted octanol–water partition coefficient (Wildman–Crippen LogP) is 5.68. The van der Waals surface area contributed by atoms with E-state index in [4.69, 9.17) is 9.47 Å². The first-order valence-electron chi connectivity index (χ1n) is 11.6. The van der Waals surface area contributed by atoms with Crippen LogP contribution in [0.5, 0.6) is 11.5 Å².